The Labute approximate surface area is 202 Å². The molecule has 7 unspecified atom stereocenters. The van der Waals surface area contributed by atoms with Crippen molar-refractivity contribution < 1.29 is 48.7 Å². The summed E-state index contributed by atoms with van der Waals surface area (Å²) in [6.07, 6.45) is 3.75. The first-order valence-corrected chi connectivity index (χ1v) is 12.3. The highest BCUT2D eigenvalue weighted by molar-refractivity contribution is 6.03. The monoisotopic (exact) mass is 492 g/mol. The summed E-state index contributed by atoms with van der Waals surface area (Å²) in [6, 6.07) is 0. The zero-order valence-electron chi connectivity index (χ0n) is 19.7. The second-order valence-electron chi connectivity index (χ2n) is 10.0. The number of esters is 3. The highest BCUT2D eigenvalue weighted by atomic mass is 16.6. The number of carboxylic acids is 1. The largest absolute Gasteiger partial charge is 0.481 e. The minimum absolute atomic E-state index is 0.147. The highest BCUT2D eigenvalue weighted by Crippen LogP contribution is 2.65. The molecule has 1 saturated heterocycles. The molecule has 35 heavy (non-hydrogen) atoms. The average molecular weight is 493 g/mol. The van der Waals surface area contributed by atoms with Gasteiger partial charge in [-0.15, -0.1) is 0 Å². The summed E-state index contributed by atoms with van der Waals surface area (Å²) in [5.41, 5.74) is -3.98. The number of hydrogen-bond acceptors (Lipinski definition) is 9. The molecule has 192 valence electrons. The Kier molecular flexibility index (Phi) is 7.06. The maximum absolute atomic E-state index is 13.1. The Morgan fingerprint density at radius 3 is 2.51 bits per heavy atom. The Morgan fingerprint density at radius 2 is 1.89 bits per heavy atom. The van der Waals surface area contributed by atoms with Gasteiger partial charge in [0.25, 0.3) is 0 Å². The number of aliphatic carboxylic acids is 1. The van der Waals surface area contributed by atoms with Crippen LogP contribution in [-0.4, -0.2) is 63.8 Å². The zero-order valence-corrected chi connectivity index (χ0v) is 19.7. The average Bonchev–Trinajstić information content (AvgIpc) is 3.44. The number of aliphatic hydroxyl groups is 2. The van der Waals surface area contributed by atoms with Crippen LogP contribution in [0.25, 0.3) is 0 Å². The molecule has 10 heteroatoms. The van der Waals surface area contributed by atoms with Crippen molar-refractivity contribution in [2.75, 3.05) is 0 Å². The predicted octanol–water partition coefficient (Wildman–Crippen LogP) is 1.77. The zero-order chi connectivity index (χ0) is 25.4. The van der Waals surface area contributed by atoms with Crippen molar-refractivity contribution in [3.8, 4) is 0 Å². The molecule has 7 atom stereocenters. The van der Waals surface area contributed by atoms with E-state index in [1.54, 1.807) is 6.08 Å². The van der Waals surface area contributed by atoms with E-state index < -0.39 is 65.2 Å². The highest BCUT2D eigenvalue weighted by Gasteiger charge is 2.74. The molecule has 2 fully saturated rings. The van der Waals surface area contributed by atoms with E-state index in [9.17, 15) is 34.5 Å². The van der Waals surface area contributed by atoms with Crippen LogP contribution >= 0.6 is 0 Å². The third-order valence-corrected chi connectivity index (χ3v) is 7.90. The number of carboxylic acid groups (broad SMARTS) is 1. The molecule has 4 aliphatic rings. The van der Waals surface area contributed by atoms with E-state index in [0.29, 0.717) is 6.42 Å². The van der Waals surface area contributed by atoms with Crippen LogP contribution in [0.3, 0.4) is 0 Å². The standard InChI is InChI=1S/C25H32O10/c1-2-3-4-5-7-15-10-16(21(29)33-15)25(22(30)31)12-14(11-24(25)13-19(27)35-23(24)32)20(28)17-8-6-9-18(26)34-17/h6,9-10,14-15,17,19-20,27-28H,2-5,7-8,11-13H2,1H3,(H,30,31). The van der Waals surface area contributed by atoms with E-state index in [2.05, 4.69) is 6.92 Å². The van der Waals surface area contributed by atoms with Crippen LogP contribution in [0.1, 0.15) is 64.7 Å². The number of carbonyl (C=O) groups excluding carboxylic acids is 3. The number of carbonyl (C=O) groups is 4. The molecule has 0 radical (unpaired) electrons. The Hall–Kier alpha value is -2.72. The lowest BCUT2D eigenvalue weighted by Gasteiger charge is -2.36. The van der Waals surface area contributed by atoms with Gasteiger partial charge in [0, 0.05) is 18.9 Å². The second-order valence-corrected chi connectivity index (χ2v) is 10.0. The molecular formula is C25H32O10. The molecular weight excluding hydrogens is 460 g/mol. The van der Waals surface area contributed by atoms with Crippen molar-refractivity contribution >= 4 is 23.9 Å². The summed E-state index contributed by atoms with van der Waals surface area (Å²) in [6.45, 7) is 2.08. The maximum Gasteiger partial charge on any atom is 0.335 e. The van der Waals surface area contributed by atoms with Gasteiger partial charge in [-0.3, -0.25) is 9.59 Å². The fourth-order valence-corrected chi connectivity index (χ4v) is 6.24. The van der Waals surface area contributed by atoms with Gasteiger partial charge < -0.3 is 29.5 Å². The van der Waals surface area contributed by atoms with Gasteiger partial charge in [0.2, 0.25) is 6.29 Å². The molecule has 10 nitrogen and oxygen atoms in total. The maximum atomic E-state index is 13.1. The van der Waals surface area contributed by atoms with Crippen molar-refractivity contribution in [3.05, 3.63) is 23.8 Å². The summed E-state index contributed by atoms with van der Waals surface area (Å²) < 4.78 is 15.7. The van der Waals surface area contributed by atoms with E-state index in [1.807, 2.05) is 0 Å². The van der Waals surface area contributed by atoms with Crippen molar-refractivity contribution in [2.24, 2.45) is 16.7 Å². The molecule has 0 aromatic heterocycles. The summed E-state index contributed by atoms with van der Waals surface area (Å²) in [5, 5.41) is 31.8. The topological polar surface area (TPSA) is 157 Å². The van der Waals surface area contributed by atoms with Gasteiger partial charge in [-0.05, 0) is 37.7 Å². The van der Waals surface area contributed by atoms with Crippen LogP contribution in [-0.2, 0) is 33.4 Å². The molecule has 3 aliphatic heterocycles. The lowest BCUT2D eigenvalue weighted by atomic mass is 9.60. The van der Waals surface area contributed by atoms with E-state index in [-0.39, 0.29) is 31.3 Å². The third kappa shape index (κ3) is 4.27. The van der Waals surface area contributed by atoms with Crippen LogP contribution < -0.4 is 0 Å². The SMILES string of the molecule is CCCCCCC1C=C(C2(C(=O)O)CC(C(O)C3CC=CC(=O)O3)CC23CC(O)OC3=O)C(=O)O1. The molecule has 4 rings (SSSR count). The van der Waals surface area contributed by atoms with Gasteiger partial charge in [0.05, 0.1) is 17.1 Å². The molecule has 1 aliphatic carbocycles. The van der Waals surface area contributed by atoms with E-state index in [4.69, 9.17) is 14.2 Å². The fraction of sp³-hybridized carbons (Fsp3) is 0.680. The Morgan fingerprint density at radius 1 is 1.11 bits per heavy atom. The van der Waals surface area contributed by atoms with Crippen molar-refractivity contribution in [1.29, 1.82) is 0 Å². The van der Waals surface area contributed by atoms with Crippen LogP contribution in [0.15, 0.2) is 23.8 Å². The molecule has 3 heterocycles. The van der Waals surface area contributed by atoms with Crippen molar-refractivity contribution in [1.82, 2.24) is 0 Å². The van der Waals surface area contributed by atoms with Gasteiger partial charge in [-0.1, -0.05) is 32.3 Å². The van der Waals surface area contributed by atoms with Crippen LogP contribution in [0.5, 0.6) is 0 Å². The number of cyclic esters (lactones) is 3. The first kappa shape index (κ1) is 25.4. The number of aliphatic hydroxyl groups excluding tert-OH is 2. The van der Waals surface area contributed by atoms with Crippen LogP contribution in [0, 0.1) is 16.7 Å². The summed E-state index contributed by atoms with van der Waals surface area (Å²) in [4.78, 5) is 50.8. The number of rotatable bonds is 9. The van der Waals surface area contributed by atoms with Crippen molar-refractivity contribution in [3.63, 3.8) is 0 Å². The third-order valence-electron chi connectivity index (χ3n) is 7.90. The summed E-state index contributed by atoms with van der Waals surface area (Å²) in [5.74, 6) is -4.60. The van der Waals surface area contributed by atoms with Gasteiger partial charge in [0.1, 0.15) is 17.6 Å². The summed E-state index contributed by atoms with van der Waals surface area (Å²) >= 11 is 0. The Balaban J connectivity index is 1.70. The fourth-order valence-electron chi connectivity index (χ4n) is 6.24. The quantitative estimate of drug-likeness (QED) is 0.246. The smallest absolute Gasteiger partial charge is 0.335 e. The number of unbranched alkanes of at least 4 members (excludes halogenated alkanes) is 3. The molecule has 0 amide bonds. The second kappa shape index (κ2) is 9.73. The molecule has 1 saturated carbocycles. The molecule has 0 aromatic rings. The van der Waals surface area contributed by atoms with Crippen LogP contribution in [0.4, 0.5) is 0 Å². The molecule has 0 aromatic carbocycles. The number of ether oxygens (including phenoxy) is 3. The minimum Gasteiger partial charge on any atom is -0.481 e. The summed E-state index contributed by atoms with van der Waals surface area (Å²) in [7, 11) is 0. The predicted molar refractivity (Wildman–Crippen MR) is 118 cm³/mol. The normalized spacial score (nSPS) is 37.2. The van der Waals surface area contributed by atoms with Crippen LogP contribution in [0.2, 0.25) is 0 Å². The van der Waals surface area contributed by atoms with E-state index >= 15 is 0 Å². The number of hydrogen-bond donors (Lipinski definition) is 3. The lowest BCUT2D eigenvalue weighted by Crippen LogP contribution is -2.49. The van der Waals surface area contributed by atoms with Gasteiger partial charge in [-0.2, -0.15) is 0 Å². The molecule has 0 bridgehead atoms. The van der Waals surface area contributed by atoms with E-state index in [0.717, 1.165) is 25.7 Å². The first-order valence-electron chi connectivity index (χ1n) is 12.3. The molecule has 3 N–H and O–H groups in total. The minimum atomic E-state index is -2.06. The van der Waals surface area contributed by atoms with Gasteiger partial charge >= 0.3 is 23.9 Å². The molecule has 1 spiro atoms. The first-order chi connectivity index (χ1) is 16.6. The lowest BCUT2D eigenvalue weighted by molar-refractivity contribution is -0.168. The van der Waals surface area contributed by atoms with Gasteiger partial charge in [-0.25, -0.2) is 9.59 Å². The van der Waals surface area contributed by atoms with Gasteiger partial charge in [0.15, 0.2) is 0 Å². The van der Waals surface area contributed by atoms with Crippen molar-refractivity contribution in [2.45, 2.75) is 89.3 Å². The van der Waals surface area contributed by atoms with E-state index in [1.165, 1.54) is 12.2 Å². The Bertz CT molecular complexity index is 954.